The van der Waals surface area contributed by atoms with E-state index in [0.29, 0.717) is 30.6 Å². The molecule has 1 unspecified atom stereocenters. The second-order valence-corrected chi connectivity index (χ2v) is 10.1. The number of carbonyl (C=O) groups excluding carboxylic acids is 1. The summed E-state index contributed by atoms with van der Waals surface area (Å²) in [5.74, 6) is 0.114. The minimum Gasteiger partial charge on any atom is -0.480 e. The summed E-state index contributed by atoms with van der Waals surface area (Å²) < 4.78 is 30.3. The molecule has 1 aromatic heterocycles. The van der Waals surface area contributed by atoms with E-state index in [-0.39, 0.29) is 10.8 Å². The van der Waals surface area contributed by atoms with Crippen LogP contribution in [0.3, 0.4) is 0 Å². The van der Waals surface area contributed by atoms with Gasteiger partial charge in [0.15, 0.2) is 21.1 Å². The molecule has 0 saturated carbocycles. The lowest BCUT2D eigenvalue weighted by molar-refractivity contribution is -0.122. The number of halogens is 2. The number of nitrogens with zero attached hydrogens (tertiary/aromatic N) is 1. The van der Waals surface area contributed by atoms with Crippen molar-refractivity contribution in [2.45, 2.75) is 17.9 Å². The third kappa shape index (κ3) is 4.78. The molecule has 1 atom stereocenters. The average Bonchev–Trinajstić information content (AvgIpc) is 2.97. The summed E-state index contributed by atoms with van der Waals surface area (Å²) in [6.45, 7) is 1.62. The molecule has 0 bridgehead atoms. The van der Waals surface area contributed by atoms with E-state index in [0.717, 1.165) is 6.26 Å². The number of hydrogen-bond acceptors (Lipinski definition) is 6. The van der Waals surface area contributed by atoms with Gasteiger partial charge in [0.25, 0.3) is 5.91 Å². The van der Waals surface area contributed by atoms with Gasteiger partial charge in [-0.25, -0.2) is 13.4 Å². The first-order chi connectivity index (χ1) is 12.6. The highest BCUT2D eigenvalue weighted by Crippen LogP contribution is 2.30. The molecule has 0 spiro atoms. The lowest BCUT2D eigenvalue weighted by atomic mass is 10.3. The minimum absolute atomic E-state index is 0.209. The fourth-order valence-electron chi connectivity index (χ4n) is 2.21. The molecule has 2 aromatic carbocycles. The van der Waals surface area contributed by atoms with Crippen molar-refractivity contribution < 1.29 is 17.9 Å². The van der Waals surface area contributed by atoms with Crippen LogP contribution in [0.1, 0.15) is 6.92 Å². The molecule has 0 aliphatic rings. The van der Waals surface area contributed by atoms with E-state index in [2.05, 4.69) is 26.2 Å². The number of nitrogens with one attached hydrogen (secondary N) is 1. The lowest BCUT2D eigenvalue weighted by Crippen LogP contribution is -2.30. The molecule has 142 valence electrons. The third-order valence-electron chi connectivity index (χ3n) is 3.59. The lowest BCUT2D eigenvalue weighted by Gasteiger charge is -2.14. The van der Waals surface area contributed by atoms with Gasteiger partial charge in [-0.1, -0.05) is 22.9 Å². The van der Waals surface area contributed by atoms with Crippen LogP contribution in [-0.2, 0) is 14.6 Å². The Morgan fingerprint density at radius 2 is 2.04 bits per heavy atom. The van der Waals surface area contributed by atoms with Crippen molar-refractivity contribution in [1.29, 1.82) is 0 Å². The average molecular weight is 490 g/mol. The normalized spacial score (nSPS) is 12.7. The van der Waals surface area contributed by atoms with Crippen molar-refractivity contribution in [2.24, 2.45) is 0 Å². The summed E-state index contributed by atoms with van der Waals surface area (Å²) in [5, 5.41) is 3.61. The van der Waals surface area contributed by atoms with Gasteiger partial charge in [-0.15, -0.1) is 0 Å². The Morgan fingerprint density at radius 3 is 2.70 bits per heavy atom. The first-order valence-electron chi connectivity index (χ1n) is 7.67. The predicted octanol–water partition coefficient (Wildman–Crippen LogP) is 4.52. The quantitative estimate of drug-likeness (QED) is 0.569. The Labute approximate surface area is 173 Å². The van der Waals surface area contributed by atoms with Crippen LogP contribution in [0.5, 0.6) is 5.75 Å². The van der Waals surface area contributed by atoms with Crippen LogP contribution >= 0.6 is 38.9 Å². The molecular weight excluding hydrogens is 476 g/mol. The molecular formula is C17H14BrClN2O4S2. The second-order valence-electron chi connectivity index (χ2n) is 5.74. The summed E-state index contributed by atoms with van der Waals surface area (Å²) >= 11 is 10.4. The Hall–Kier alpha value is -1.68. The van der Waals surface area contributed by atoms with Gasteiger partial charge in [0.05, 0.1) is 19.6 Å². The molecule has 0 aliphatic carbocycles. The van der Waals surface area contributed by atoms with Crippen LogP contribution in [0, 0.1) is 0 Å². The number of hydrogen-bond donors (Lipinski definition) is 1. The monoisotopic (exact) mass is 488 g/mol. The van der Waals surface area contributed by atoms with Crippen LogP contribution in [0.25, 0.3) is 10.2 Å². The molecule has 6 nitrogen and oxygen atoms in total. The van der Waals surface area contributed by atoms with E-state index in [1.165, 1.54) is 17.4 Å². The predicted molar refractivity (Wildman–Crippen MR) is 111 cm³/mol. The Morgan fingerprint density at radius 1 is 1.30 bits per heavy atom. The van der Waals surface area contributed by atoms with Gasteiger partial charge in [-0.05, 0) is 59.3 Å². The standard InChI is InChI=1S/C17H14BrClN2O4S2/c1-9(25-14-6-3-10(19)7-12(14)18)16(22)21-17-20-13-5-4-11(27(2,23)24)8-15(13)26-17/h3-9H,1-2H3,(H,20,21,22). The van der Waals surface area contributed by atoms with Crippen molar-refractivity contribution >= 4 is 70.0 Å². The van der Waals surface area contributed by atoms with Gasteiger partial charge in [0.1, 0.15) is 5.75 Å². The first kappa shape index (κ1) is 20.1. The molecule has 27 heavy (non-hydrogen) atoms. The van der Waals surface area contributed by atoms with E-state index < -0.39 is 15.9 Å². The molecule has 0 fully saturated rings. The van der Waals surface area contributed by atoms with Crippen molar-refractivity contribution in [3.05, 3.63) is 45.9 Å². The number of sulfone groups is 1. The molecule has 1 N–H and O–H groups in total. The number of aromatic nitrogens is 1. The van der Waals surface area contributed by atoms with Crippen LogP contribution in [-0.4, -0.2) is 31.7 Å². The highest BCUT2D eigenvalue weighted by atomic mass is 79.9. The zero-order chi connectivity index (χ0) is 19.8. The summed E-state index contributed by atoms with van der Waals surface area (Å²) in [7, 11) is -3.31. The molecule has 0 radical (unpaired) electrons. The van der Waals surface area contributed by atoms with Crippen LogP contribution in [0.15, 0.2) is 45.8 Å². The fraction of sp³-hybridized carbons (Fsp3) is 0.176. The molecule has 1 amide bonds. The van der Waals surface area contributed by atoms with Gasteiger partial charge in [-0.2, -0.15) is 0 Å². The molecule has 0 saturated heterocycles. The van der Waals surface area contributed by atoms with E-state index in [4.69, 9.17) is 16.3 Å². The SMILES string of the molecule is CC(Oc1ccc(Cl)cc1Br)C(=O)Nc1nc2ccc(S(C)(=O)=O)cc2s1. The highest BCUT2D eigenvalue weighted by Gasteiger charge is 2.18. The zero-order valence-electron chi connectivity index (χ0n) is 14.2. The number of fused-ring (bicyclic) bond motifs is 1. The summed E-state index contributed by atoms with van der Waals surface area (Å²) in [6, 6.07) is 9.66. The van der Waals surface area contributed by atoms with Crippen LogP contribution in [0.4, 0.5) is 5.13 Å². The van der Waals surface area contributed by atoms with Gasteiger partial charge >= 0.3 is 0 Å². The number of anilines is 1. The van der Waals surface area contributed by atoms with E-state index in [1.807, 2.05) is 0 Å². The molecule has 3 aromatic rings. The largest absolute Gasteiger partial charge is 0.480 e. The summed E-state index contributed by atoms with van der Waals surface area (Å²) in [6.07, 6.45) is 0.368. The number of rotatable bonds is 5. The zero-order valence-corrected chi connectivity index (χ0v) is 18.2. The van der Waals surface area contributed by atoms with Gasteiger partial charge < -0.3 is 4.74 Å². The number of ether oxygens (including phenoxy) is 1. The number of amides is 1. The van der Waals surface area contributed by atoms with Gasteiger partial charge in [0.2, 0.25) is 0 Å². The van der Waals surface area contributed by atoms with E-state index in [9.17, 15) is 13.2 Å². The number of carbonyl (C=O) groups is 1. The van der Waals surface area contributed by atoms with Crippen molar-refractivity contribution in [1.82, 2.24) is 4.98 Å². The Bertz CT molecular complexity index is 1130. The summed E-state index contributed by atoms with van der Waals surface area (Å²) in [5.41, 5.74) is 0.608. The Kier molecular flexibility index (Phi) is 5.76. The van der Waals surface area contributed by atoms with Gasteiger partial charge in [-0.3, -0.25) is 10.1 Å². The van der Waals surface area contributed by atoms with Crippen LogP contribution < -0.4 is 10.1 Å². The number of benzene rings is 2. The maximum Gasteiger partial charge on any atom is 0.266 e. The van der Waals surface area contributed by atoms with Gasteiger partial charge in [0, 0.05) is 11.3 Å². The third-order valence-corrected chi connectivity index (χ3v) is 6.48. The molecule has 0 aliphatic heterocycles. The van der Waals surface area contributed by atoms with Crippen LogP contribution in [0.2, 0.25) is 5.02 Å². The number of thiazole rings is 1. The second kappa shape index (κ2) is 7.75. The van der Waals surface area contributed by atoms with Crippen molar-refractivity contribution in [3.8, 4) is 5.75 Å². The highest BCUT2D eigenvalue weighted by molar-refractivity contribution is 9.10. The van der Waals surface area contributed by atoms with Crippen molar-refractivity contribution in [3.63, 3.8) is 0 Å². The fourth-order valence-corrected chi connectivity index (χ4v) is 4.62. The Balaban J connectivity index is 1.75. The topological polar surface area (TPSA) is 85.4 Å². The molecule has 10 heteroatoms. The maximum atomic E-state index is 12.4. The molecule has 1 heterocycles. The first-order valence-corrected chi connectivity index (χ1v) is 11.5. The van der Waals surface area contributed by atoms with E-state index >= 15 is 0 Å². The van der Waals surface area contributed by atoms with Crippen molar-refractivity contribution in [2.75, 3.05) is 11.6 Å². The maximum absolute atomic E-state index is 12.4. The molecule has 3 rings (SSSR count). The smallest absolute Gasteiger partial charge is 0.266 e. The summed E-state index contributed by atoms with van der Waals surface area (Å²) in [4.78, 5) is 16.9. The van der Waals surface area contributed by atoms with E-state index in [1.54, 1.807) is 37.3 Å². The minimum atomic E-state index is -3.31.